The van der Waals surface area contributed by atoms with Crippen LogP contribution in [0, 0.1) is 0 Å². The second-order valence-electron chi connectivity index (χ2n) is 3.78. The minimum Gasteiger partial charge on any atom is -0.368 e. The van der Waals surface area contributed by atoms with Crippen molar-refractivity contribution in [1.82, 2.24) is 14.9 Å². The van der Waals surface area contributed by atoms with E-state index in [2.05, 4.69) is 36.1 Å². The van der Waals surface area contributed by atoms with Crippen LogP contribution in [0.15, 0.2) is 15.6 Å². The number of rotatable bonds is 4. The number of aromatic nitrogens is 2. The fraction of sp³-hybridized carbons (Fsp3) is 0.600. The molecule has 0 aromatic carbocycles. The number of hydrogen-bond acceptors (Lipinski definition) is 5. The third kappa shape index (κ3) is 3.72. The molecule has 0 radical (unpaired) electrons. The highest BCUT2D eigenvalue weighted by Crippen LogP contribution is 2.13. The quantitative estimate of drug-likeness (QED) is 0.867. The molecule has 0 aliphatic carbocycles. The summed E-state index contributed by atoms with van der Waals surface area (Å²) in [7, 11) is 0. The van der Waals surface area contributed by atoms with E-state index in [0.717, 1.165) is 26.2 Å². The van der Waals surface area contributed by atoms with Crippen LogP contribution in [0.5, 0.6) is 0 Å². The van der Waals surface area contributed by atoms with Gasteiger partial charge in [0.1, 0.15) is 10.3 Å². The summed E-state index contributed by atoms with van der Waals surface area (Å²) >= 11 is 5.23. The Bertz CT molecular complexity index is 419. The van der Waals surface area contributed by atoms with Gasteiger partial charge in [-0.05, 0) is 15.9 Å². The molecule has 2 N–H and O–H groups in total. The maximum Gasteiger partial charge on any atom is 0.267 e. The summed E-state index contributed by atoms with van der Waals surface area (Å²) in [4.78, 5) is 20.3. The zero-order valence-electron chi connectivity index (χ0n) is 9.41. The number of nitrogens with one attached hydrogen (secondary N) is 2. The lowest BCUT2D eigenvalue weighted by Crippen LogP contribution is -2.36. The molecule has 1 aliphatic rings. The van der Waals surface area contributed by atoms with Gasteiger partial charge in [0.15, 0.2) is 0 Å². The number of anilines is 1. The predicted octanol–water partition coefficient (Wildman–Crippen LogP) is 0.993. The van der Waals surface area contributed by atoms with Crippen LogP contribution < -0.4 is 10.9 Å². The normalized spacial score (nSPS) is 17.0. The Morgan fingerprint density at radius 2 is 2.29 bits per heavy atom. The number of H-pyrrole nitrogens is 1. The lowest BCUT2D eigenvalue weighted by molar-refractivity contribution is 0.314. The molecule has 0 amide bonds. The van der Waals surface area contributed by atoms with Crippen LogP contribution in [0.3, 0.4) is 0 Å². The summed E-state index contributed by atoms with van der Waals surface area (Å²) < 4.78 is 0.467. The van der Waals surface area contributed by atoms with Gasteiger partial charge in [0.05, 0.1) is 6.33 Å². The Labute approximate surface area is 113 Å². The average Bonchev–Trinajstić information content (AvgIpc) is 2.36. The largest absolute Gasteiger partial charge is 0.368 e. The molecule has 0 bridgehead atoms. The second kappa shape index (κ2) is 6.42. The highest BCUT2D eigenvalue weighted by atomic mass is 79.9. The molecule has 2 rings (SSSR count). The van der Waals surface area contributed by atoms with Crippen LogP contribution in [0.1, 0.15) is 0 Å². The fourth-order valence-corrected chi connectivity index (χ4v) is 3.00. The van der Waals surface area contributed by atoms with Crippen LogP contribution in [0.25, 0.3) is 0 Å². The predicted molar refractivity (Wildman–Crippen MR) is 74.8 cm³/mol. The summed E-state index contributed by atoms with van der Waals surface area (Å²) in [6.45, 7) is 4.09. The Hall–Kier alpha value is -0.530. The van der Waals surface area contributed by atoms with E-state index in [1.165, 1.54) is 17.8 Å². The topological polar surface area (TPSA) is 61.0 Å². The third-order valence-electron chi connectivity index (χ3n) is 2.62. The van der Waals surface area contributed by atoms with E-state index in [1.54, 1.807) is 0 Å². The molecule has 0 unspecified atom stereocenters. The monoisotopic (exact) mass is 318 g/mol. The Balaban J connectivity index is 1.81. The van der Waals surface area contributed by atoms with E-state index in [-0.39, 0.29) is 5.56 Å². The van der Waals surface area contributed by atoms with E-state index >= 15 is 0 Å². The molecule has 17 heavy (non-hydrogen) atoms. The maximum atomic E-state index is 11.3. The molecule has 1 aromatic rings. The van der Waals surface area contributed by atoms with Gasteiger partial charge < -0.3 is 10.3 Å². The van der Waals surface area contributed by atoms with E-state index < -0.39 is 0 Å². The van der Waals surface area contributed by atoms with E-state index in [0.29, 0.717) is 10.3 Å². The van der Waals surface area contributed by atoms with Crippen molar-refractivity contribution in [1.29, 1.82) is 0 Å². The lowest BCUT2D eigenvalue weighted by Gasteiger charge is -2.26. The highest BCUT2D eigenvalue weighted by Gasteiger charge is 2.10. The first-order valence-corrected chi connectivity index (χ1v) is 7.49. The molecular formula is C10H15BrN4OS. The smallest absolute Gasteiger partial charge is 0.267 e. The molecule has 7 heteroatoms. The van der Waals surface area contributed by atoms with Crippen LogP contribution in [0.4, 0.5) is 5.82 Å². The molecule has 1 fully saturated rings. The first kappa shape index (κ1) is 12.9. The second-order valence-corrected chi connectivity index (χ2v) is 5.79. The van der Waals surface area contributed by atoms with Crippen molar-refractivity contribution in [2.24, 2.45) is 0 Å². The zero-order chi connectivity index (χ0) is 12.1. The molecule has 1 aromatic heterocycles. The van der Waals surface area contributed by atoms with Gasteiger partial charge in [-0.25, -0.2) is 4.98 Å². The molecule has 5 nitrogen and oxygen atoms in total. The van der Waals surface area contributed by atoms with E-state index in [4.69, 9.17) is 0 Å². The number of thioether (sulfide) groups is 1. The van der Waals surface area contributed by atoms with Crippen molar-refractivity contribution in [3.63, 3.8) is 0 Å². The van der Waals surface area contributed by atoms with E-state index in [9.17, 15) is 4.79 Å². The van der Waals surface area contributed by atoms with Gasteiger partial charge in [-0.2, -0.15) is 11.8 Å². The summed E-state index contributed by atoms with van der Waals surface area (Å²) in [5.74, 6) is 3.04. The van der Waals surface area contributed by atoms with Gasteiger partial charge in [0.2, 0.25) is 0 Å². The van der Waals surface area contributed by atoms with Gasteiger partial charge in [0.25, 0.3) is 5.56 Å². The molecule has 1 saturated heterocycles. The van der Waals surface area contributed by atoms with Gasteiger partial charge in [-0.3, -0.25) is 9.69 Å². The zero-order valence-corrected chi connectivity index (χ0v) is 11.8. The van der Waals surface area contributed by atoms with Gasteiger partial charge in [-0.15, -0.1) is 0 Å². The molecule has 0 spiro atoms. The number of halogens is 1. The van der Waals surface area contributed by atoms with Crippen molar-refractivity contribution in [3.8, 4) is 0 Å². The molecule has 0 saturated carbocycles. The number of hydrogen-bond donors (Lipinski definition) is 2. The molecule has 0 atom stereocenters. The first-order chi connectivity index (χ1) is 8.27. The highest BCUT2D eigenvalue weighted by molar-refractivity contribution is 9.10. The van der Waals surface area contributed by atoms with Crippen molar-refractivity contribution in [3.05, 3.63) is 21.2 Å². The summed E-state index contributed by atoms with van der Waals surface area (Å²) in [5.41, 5.74) is -0.156. The van der Waals surface area contributed by atoms with Crippen molar-refractivity contribution in [2.45, 2.75) is 0 Å². The average molecular weight is 319 g/mol. The first-order valence-electron chi connectivity index (χ1n) is 5.54. The van der Waals surface area contributed by atoms with Crippen LogP contribution in [-0.4, -0.2) is 52.6 Å². The Kier molecular flexibility index (Phi) is 4.87. The summed E-state index contributed by atoms with van der Waals surface area (Å²) in [5, 5.41) is 3.17. The van der Waals surface area contributed by atoms with Crippen molar-refractivity contribution in [2.75, 3.05) is 43.0 Å². The van der Waals surface area contributed by atoms with Gasteiger partial charge in [-0.1, -0.05) is 0 Å². The lowest BCUT2D eigenvalue weighted by atomic mass is 10.4. The summed E-state index contributed by atoms with van der Waals surface area (Å²) in [6, 6.07) is 0. The molecule has 1 aliphatic heterocycles. The number of aromatic amines is 1. The van der Waals surface area contributed by atoms with Crippen molar-refractivity contribution >= 4 is 33.5 Å². The third-order valence-corrected chi connectivity index (χ3v) is 4.30. The fourth-order valence-electron chi connectivity index (χ4n) is 1.66. The minimum absolute atomic E-state index is 0.156. The Morgan fingerprint density at radius 1 is 1.53 bits per heavy atom. The SMILES string of the molecule is O=c1[nH]cnc(NCCN2CCSCC2)c1Br. The standard InChI is InChI=1S/C10H15BrN4OS/c11-8-9(13-7-14-10(8)16)12-1-2-15-3-5-17-6-4-15/h7H,1-6H2,(H2,12,13,14,16). The molecule has 94 valence electrons. The van der Waals surface area contributed by atoms with E-state index in [1.807, 2.05) is 11.8 Å². The van der Waals surface area contributed by atoms with Crippen molar-refractivity contribution < 1.29 is 0 Å². The Morgan fingerprint density at radius 3 is 3.06 bits per heavy atom. The maximum absolute atomic E-state index is 11.3. The molecular weight excluding hydrogens is 304 g/mol. The molecule has 2 heterocycles. The summed E-state index contributed by atoms with van der Waals surface area (Å²) in [6.07, 6.45) is 1.41. The van der Waals surface area contributed by atoms with Gasteiger partial charge in [0, 0.05) is 37.7 Å². The van der Waals surface area contributed by atoms with Crippen LogP contribution >= 0.6 is 27.7 Å². The van der Waals surface area contributed by atoms with Gasteiger partial charge >= 0.3 is 0 Å². The number of nitrogens with zero attached hydrogens (tertiary/aromatic N) is 2. The minimum atomic E-state index is -0.156. The van der Waals surface area contributed by atoms with Crippen LogP contribution in [0.2, 0.25) is 0 Å². The van der Waals surface area contributed by atoms with Crippen LogP contribution in [-0.2, 0) is 0 Å².